The van der Waals surface area contributed by atoms with E-state index in [2.05, 4.69) is 0 Å². The number of ether oxygens (including phenoxy) is 1. The van der Waals surface area contributed by atoms with Crippen molar-refractivity contribution in [3.05, 3.63) is 29.8 Å². The largest absolute Gasteiger partial charge is 0.497 e. The maximum Gasteiger partial charge on any atom is 0.138 e. The fourth-order valence-electron chi connectivity index (χ4n) is 1.06. The van der Waals surface area contributed by atoms with Crippen molar-refractivity contribution in [3.63, 3.8) is 0 Å². The first kappa shape index (κ1) is 9.74. The van der Waals surface area contributed by atoms with E-state index in [1.807, 2.05) is 24.3 Å². The highest BCUT2D eigenvalue weighted by Crippen LogP contribution is 2.11. The molecule has 13 heavy (non-hydrogen) atoms. The maximum absolute atomic E-state index is 10.2. The van der Waals surface area contributed by atoms with Gasteiger partial charge in [0.1, 0.15) is 12.0 Å². The van der Waals surface area contributed by atoms with Crippen LogP contribution in [0, 0.1) is 0 Å². The summed E-state index contributed by atoms with van der Waals surface area (Å²) in [5.74, 6) is 0.788. The molecule has 0 saturated heterocycles. The summed E-state index contributed by atoms with van der Waals surface area (Å²) in [6.07, 6.45) is 1.11. The molecule has 0 aliphatic heterocycles. The molecule has 0 aliphatic carbocycles. The van der Waals surface area contributed by atoms with Crippen LogP contribution in [0.25, 0.3) is 0 Å². The Morgan fingerprint density at radius 1 is 1.46 bits per heavy atom. The quantitative estimate of drug-likeness (QED) is 0.648. The van der Waals surface area contributed by atoms with Crippen LogP contribution in [0.5, 0.6) is 5.75 Å². The Bertz CT molecular complexity index is 269. The zero-order valence-electron chi connectivity index (χ0n) is 7.49. The number of benzene rings is 1. The first-order chi connectivity index (χ1) is 6.26. The minimum absolute atomic E-state index is 0.466. The molecule has 1 atom stereocenters. The number of aldehydes is 1. The molecule has 0 spiro atoms. The number of hydrogen-bond donors (Lipinski definition) is 0. The molecule has 0 heterocycles. The Balaban J connectivity index is 2.63. The Hall–Kier alpha value is -1.35. The van der Waals surface area contributed by atoms with E-state index in [-0.39, 0.29) is 0 Å². The molecule has 0 saturated carbocycles. The van der Waals surface area contributed by atoms with Crippen molar-refractivity contribution in [1.29, 1.82) is 0 Å². The maximum atomic E-state index is 10.2. The van der Waals surface area contributed by atoms with Crippen molar-refractivity contribution in [3.8, 4) is 5.75 Å². The van der Waals surface area contributed by atoms with E-state index < -0.39 is 6.04 Å². The molecule has 1 N–H and O–H groups in total. The first-order valence-corrected chi connectivity index (χ1v) is 4.05. The van der Waals surface area contributed by atoms with Gasteiger partial charge in [-0.1, -0.05) is 12.1 Å². The molecular weight excluding hydrogens is 166 g/mol. The second-order valence-corrected chi connectivity index (χ2v) is 2.79. The summed E-state index contributed by atoms with van der Waals surface area (Å²) in [6, 6.07) is 6.72. The van der Waals surface area contributed by atoms with Gasteiger partial charge in [-0.3, -0.25) is 0 Å². The molecule has 0 amide bonds. The van der Waals surface area contributed by atoms with Crippen molar-refractivity contribution < 1.29 is 9.53 Å². The number of carbonyl (C=O) groups excluding carboxylic acids is 1. The molecule has 0 fully saturated rings. The van der Waals surface area contributed by atoms with Gasteiger partial charge in [0.2, 0.25) is 0 Å². The molecule has 69 valence electrons. The highest BCUT2D eigenvalue weighted by molar-refractivity contribution is 5.57. The Morgan fingerprint density at radius 2 is 2.08 bits per heavy atom. The third-order valence-corrected chi connectivity index (χ3v) is 1.78. The number of nitrogens with one attached hydrogen (secondary N) is 1. The van der Waals surface area contributed by atoms with Crippen molar-refractivity contribution in [2.45, 2.75) is 12.5 Å². The van der Waals surface area contributed by atoms with E-state index in [9.17, 15) is 4.79 Å². The molecule has 0 aromatic heterocycles. The standard InChI is InChI=1S/C10H12NO2/c1-13-10-4-2-8(3-5-10)6-9(11)7-12/h2-5,7,9,11H,6H2,1H3. The van der Waals surface area contributed by atoms with Gasteiger partial charge < -0.3 is 9.53 Å². The van der Waals surface area contributed by atoms with Gasteiger partial charge in [0.25, 0.3) is 0 Å². The second kappa shape index (κ2) is 4.62. The van der Waals surface area contributed by atoms with E-state index in [1.54, 1.807) is 7.11 Å². The topological polar surface area (TPSA) is 50.1 Å². The Morgan fingerprint density at radius 3 is 2.54 bits per heavy atom. The van der Waals surface area contributed by atoms with E-state index >= 15 is 0 Å². The van der Waals surface area contributed by atoms with Crippen LogP contribution in [0.1, 0.15) is 5.56 Å². The number of methoxy groups -OCH3 is 1. The van der Waals surface area contributed by atoms with E-state index in [0.717, 1.165) is 11.3 Å². The summed E-state index contributed by atoms with van der Waals surface area (Å²) in [4.78, 5) is 10.2. The molecule has 1 unspecified atom stereocenters. The third kappa shape index (κ3) is 2.87. The summed E-state index contributed by atoms with van der Waals surface area (Å²) < 4.78 is 4.98. The molecule has 0 aliphatic rings. The lowest BCUT2D eigenvalue weighted by molar-refractivity contribution is -0.109. The van der Waals surface area contributed by atoms with Crippen LogP contribution in [-0.2, 0) is 11.2 Å². The first-order valence-electron chi connectivity index (χ1n) is 4.05. The zero-order valence-corrected chi connectivity index (χ0v) is 7.49. The summed E-state index contributed by atoms with van der Waals surface area (Å²) >= 11 is 0. The molecular formula is C10H12NO2. The molecule has 3 heteroatoms. The van der Waals surface area contributed by atoms with Crippen LogP contribution in [0.15, 0.2) is 24.3 Å². The fraction of sp³-hybridized carbons (Fsp3) is 0.300. The SMILES string of the molecule is COc1ccc(CC([NH])C=O)cc1. The molecule has 1 aromatic carbocycles. The summed E-state index contributed by atoms with van der Waals surface area (Å²) in [5, 5.41) is 0. The highest BCUT2D eigenvalue weighted by atomic mass is 16.5. The molecule has 3 nitrogen and oxygen atoms in total. The minimum Gasteiger partial charge on any atom is -0.497 e. The average molecular weight is 178 g/mol. The Labute approximate surface area is 77.5 Å². The second-order valence-electron chi connectivity index (χ2n) is 2.79. The van der Waals surface area contributed by atoms with Crippen LogP contribution in [0.4, 0.5) is 0 Å². The van der Waals surface area contributed by atoms with Crippen LogP contribution in [-0.4, -0.2) is 19.4 Å². The lowest BCUT2D eigenvalue weighted by atomic mass is 10.1. The van der Waals surface area contributed by atoms with Gasteiger partial charge >= 0.3 is 0 Å². The third-order valence-electron chi connectivity index (χ3n) is 1.78. The average Bonchev–Trinajstić information content (AvgIpc) is 2.19. The van der Waals surface area contributed by atoms with E-state index in [0.29, 0.717) is 12.7 Å². The van der Waals surface area contributed by atoms with Crippen molar-refractivity contribution in [2.75, 3.05) is 7.11 Å². The smallest absolute Gasteiger partial charge is 0.138 e. The normalized spacial score (nSPS) is 12.2. The fourth-order valence-corrected chi connectivity index (χ4v) is 1.06. The number of rotatable bonds is 4. The number of hydrogen-bond acceptors (Lipinski definition) is 2. The van der Waals surface area contributed by atoms with Gasteiger partial charge in [-0.2, -0.15) is 0 Å². The highest BCUT2D eigenvalue weighted by Gasteiger charge is 2.02. The molecule has 1 aromatic rings. The zero-order chi connectivity index (χ0) is 9.68. The van der Waals surface area contributed by atoms with Gasteiger partial charge in [0.15, 0.2) is 0 Å². The van der Waals surface area contributed by atoms with Crippen molar-refractivity contribution >= 4 is 6.29 Å². The van der Waals surface area contributed by atoms with E-state index in [1.165, 1.54) is 0 Å². The lowest BCUT2D eigenvalue weighted by Gasteiger charge is -2.04. The van der Waals surface area contributed by atoms with Gasteiger partial charge in [0.05, 0.1) is 13.2 Å². The minimum atomic E-state index is -0.659. The van der Waals surface area contributed by atoms with Crippen molar-refractivity contribution in [2.24, 2.45) is 0 Å². The Kier molecular flexibility index (Phi) is 3.46. The number of carbonyl (C=O) groups is 1. The molecule has 1 radical (unpaired) electrons. The predicted molar refractivity (Wildman–Crippen MR) is 49.6 cm³/mol. The predicted octanol–water partition coefficient (Wildman–Crippen LogP) is 1.09. The summed E-state index contributed by atoms with van der Waals surface area (Å²) in [6.45, 7) is 0. The summed E-state index contributed by atoms with van der Waals surface area (Å²) in [7, 11) is 1.60. The monoisotopic (exact) mass is 178 g/mol. The van der Waals surface area contributed by atoms with Gasteiger partial charge in [-0.25, -0.2) is 5.73 Å². The van der Waals surface area contributed by atoms with Gasteiger partial charge in [0, 0.05) is 0 Å². The van der Waals surface area contributed by atoms with Gasteiger partial charge in [-0.15, -0.1) is 0 Å². The van der Waals surface area contributed by atoms with Crippen LogP contribution in [0.2, 0.25) is 0 Å². The van der Waals surface area contributed by atoms with E-state index in [4.69, 9.17) is 10.5 Å². The van der Waals surface area contributed by atoms with Crippen LogP contribution >= 0.6 is 0 Å². The molecule has 0 bridgehead atoms. The lowest BCUT2D eigenvalue weighted by Crippen LogP contribution is -2.13. The van der Waals surface area contributed by atoms with Crippen LogP contribution < -0.4 is 10.5 Å². The summed E-state index contributed by atoms with van der Waals surface area (Å²) in [5.41, 5.74) is 8.24. The van der Waals surface area contributed by atoms with Crippen molar-refractivity contribution in [1.82, 2.24) is 5.73 Å². The van der Waals surface area contributed by atoms with Crippen LogP contribution in [0.3, 0.4) is 0 Å². The van der Waals surface area contributed by atoms with Gasteiger partial charge in [-0.05, 0) is 24.1 Å². The molecule has 1 rings (SSSR count).